The largest absolute Gasteiger partial charge is 0.316 e. The van der Waals surface area contributed by atoms with Crippen LogP contribution in [0, 0.1) is 11.6 Å². The van der Waals surface area contributed by atoms with Gasteiger partial charge in [0.05, 0.1) is 23.1 Å². The van der Waals surface area contributed by atoms with Crippen LogP contribution in [-0.4, -0.2) is 9.55 Å². The smallest absolute Gasteiger partial charge is 0.155 e. The van der Waals surface area contributed by atoms with Crippen LogP contribution in [-0.2, 0) is 5.54 Å². The van der Waals surface area contributed by atoms with Gasteiger partial charge in [-0.1, -0.05) is 35.3 Å². The number of nitrogens with zero attached hydrogens (tertiary/aromatic N) is 2. The van der Waals surface area contributed by atoms with Gasteiger partial charge in [-0.3, -0.25) is 0 Å². The molecule has 0 fully saturated rings. The van der Waals surface area contributed by atoms with Crippen LogP contribution in [0.3, 0.4) is 0 Å². The minimum atomic E-state index is -1.22. The number of aromatic nitrogens is 2. The van der Waals surface area contributed by atoms with Crippen LogP contribution in [0.25, 0.3) is 11.3 Å². The van der Waals surface area contributed by atoms with Crippen LogP contribution >= 0.6 is 23.2 Å². The van der Waals surface area contributed by atoms with Crippen molar-refractivity contribution in [1.29, 1.82) is 0 Å². The molecule has 1 aromatic carbocycles. The summed E-state index contributed by atoms with van der Waals surface area (Å²) in [5, 5.41) is 0.161. The van der Waals surface area contributed by atoms with Crippen LogP contribution < -0.4 is 0 Å². The molecule has 2 aromatic rings. The minimum absolute atomic E-state index is 0.0141. The zero-order chi connectivity index (χ0) is 16.8. The third-order valence-electron chi connectivity index (χ3n) is 3.93. The Morgan fingerprint density at radius 3 is 2.43 bits per heavy atom. The molecule has 2 nitrogen and oxygen atoms in total. The van der Waals surface area contributed by atoms with Gasteiger partial charge in [0, 0.05) is 5.03 Å². The summed E-state index contributed by atoms with van der Waals surface area (Å²) in [4.78, 5) is 3.90. The lowest BCUT2D eigenvalue weighted by Crippen LogP contribution is -2.32. The summed E-state index contributed by atoms with van der Waals surface area (Å²) in [5.74, 6) is -2.14. The van der Waals surface area contributed by atoms with Crippen molar-refractivity contribution in [3.05, 3.63) is 64.3 Å². The Labute approximate surface area is 140 Å². The molecule has 1 unspecified atom stereocenters. The van der Waals surface area contributed by atoms with Crippen molar-refractivity contribution in [3.8, 4) is 11.3 Å². The first-order valence-electron chi connectivity index (χ1n) is 6.75. The molecule has 0 spiro atoms. The zero-order valence-electron chi connectivity index (χ0n) is 12.0. The average molecular weight is 359 g/mol. The maximum absolute atomic E-state index is 14.5. The van der Waals surface area contributed by atoms with Crippen molar-refractivity contribution < 1.29 is 13.2 Å². The molecular weight excluding hydrogens is 348 g/mol. The summed E-state index contributed by atoms with van der Waals surface area (Å²) < 4.78 is 44.2. The highest BCUT2D eigenvalue weighted by Crippen LogP contribution is 2.42. The standard InChI is InChI=1S/C16H11Cl2F3N2/c1-16(6-5-9(17)7-12(16)21)23-8-22-15(18)14(23)13-10(19)3-2-4-11(13)20/h2-5,7-8H,6H2,1H3. The molecule has 0 amide bonds. The highest BCUT2D eigenvalue weighted by atomic mass is 35.5. The first-order chi connectivity index (χ1) is 10.8. The molecule has 120 valence electrons. The van der Waals surface area contributed by atoms with Crippen molar-refractivity contribution in [2.45, 2.75) is 18.9 Å². The fraction of sp³-hybridized carbons (Fsp3) is 0.188. The van der Waals surface area contributed by atoms with Gasteiger partial charge >= 0.3 is 0 Å². The molecule has 7 heteroatoms. The molecule has 1 aliphatic carbocycles. The average Bonchev–Trinajstić information content (AvgIpc) is 2.86. The van der Waals surface area contributed by atoms with Crippen LogP contribution in [0.1, 0.15) is 13.3 Å². The predicted molar refractivity (Wildman–Crippen MR) is 84.0 cm³/mol. The number of halogens is 5. The summed E-state index contributed by atoms with van der Waals surface area (Å²) in [5.41, 5.74) is -1.58. The molecule has 0 bridgehead atoms. The fourth-order valence-electron chi connectivity index (χ4n) is 2.59. The van der Waals surface area contributed by atoms with E-state index in [1.165, 1.54) is 23.0 Å². The second-order valence-electron chi connectivity index (χ2n) is 5.41. The summed E-state index contributed by atoms with van der Waals surface area (Å²) in [6.07, 6.45) is 4.26. The van der Waals surface area contributed by atoms with E-state index in [0.29, 0.717) is 0 Å². The summed E-state index contributed by atoms with van der Waals surface area (Å²) in [6.45, 7) is 1.58. The molecule has 1 atom stereocenters. The quantitative estimate of drug-likeness (QED) is 0.685. The maximum Gasteiger partial charge on any atom is 0.155 e. The number of benzene rings is 1. The summed E-state index contributed by atoms with van der Waals surface area (Å²) in [6, 6.07) is 3.46. The van der Waals surface area contributed by atoms with E-state index in [9.17, 15) is 13.2 Å². The van der Waals surface area contributed by atoms with Gasteiger partial charge in [-0.25, -0.2) is 18.2 Å². The van der Waals surface area contributed by atoms with Gasteiger partial charge in [0.2, 0.25) is 0 Å². The van der Waals surface area contributed by atoms with E-state index < -0.39 is 23.0 Å². The van der Waals surface area contributed by atoms with Crippen molar-refractivity contribution in [1.82, 2.24) is 9.55 Å². The Morgan fingerprint density at radius 1 is 1.17 bits per heavy atom. The maximum atomic E-state index is 14.5. The monoisotopic (exact) mass is 358 g/mol. The number of imidazole rings is 1. The van der Waals surface area contributed by atoms with Gasteiger partial charge in [0.1, 0.15) is 17.5 Å². The molecule has 0 radical (unpaired) electrons. The number of rotatable bonds is 2. The van der Waals surface area contributed by atoms with Crippen LogP contribution in [0.4, 0.5) is 13.2 Å². The van der Waals surface area contributed by atoms with Gasteiger partial charge in [-0.2, -0.15) is 0 Å². The third kappa shape index (κ3) is 2.58. The van der Waals surface area contributed by atoms with E-state index >= 15 is 0 Å². The van der Waals surface area contributed by atoms with E-state index in [4.69, 9.17) is 23.2 Å². The number of hydrogen-bond donors (Lipinski definition) is 0. The lowest BCUT2D eigenvalue weighted by atomic mass is 9.91. The van der Waals surface area contributed by atoms with E-state index in [1.54, 1.807) is 13.0 Å². The van der Waals surface area contributed by atoms with Crippen molar-refractivity contribution in [2.24, 2.45) is 0 Å². The molecule has 23 heavy (non-hydrogen) atoms. The first kappa shape index (κ1) is 16.1. The van der Waals surface area contributed by atoms with Crippen molar-refractivity contribution in [2.75, 3.05) is 0 Å². The van der Waals surface area contributed by atoms with Crippen molar-refractivity contribution >= 4 is 23.2 Å². The molecular formula is C16H11Cl2F3N2. The van der Waals surface area contributed by atoms with Crippen LogP contribution in [0.2, 0.25) is 5.15 Å². The normalized spacial score (nSPS) is 21.1. The van der Waals surface area contributed by atoms with Gasteiger partial charge in [-0.05, 0) is 31.6 Å². The summed E-state index contributed by atoms with van der Waals surface area (Å²) >= 11 is 11.8. The number of hydrogen-bond acceptors (Lipinski definition) is 1. The van der Waals surface area contributed by atoms with Gasteiger partial charge in [0.25, 0.3) is 0 Å². The van der Waals surface area contributed by atoms with E-state index in [1.807, 2.05) is 0 Å². The van der Waals surface area contributed by atoms with Gasteiger partial charge in [0.15, 0.2) is 5.15 Å². The Balaban J connectivity index is 2.24. The Morgan fingerprint density at radius 2 is 1.83 bits per heavy atom. The molecule has 1 heterocycles. The molecule has 0 saturated carbocycles. The SMILES string of the molecule is CC1(n2cnc(Cl)c2-c2c(F)cccc2F)CC=C(Cl)C=C1F. The topological polar surface area (TPSA) is 17.8 Å². The highest BCUT2D eigenvalue weighted by Gasteiger charge is 2.37. The molecule has 0 N–H and O–H groups in total. The number of allylic oxidation sites excluding steroid dienone is 4. The molecule has 0 aliphatic heterocycles. The highest BCUT2D eigenvalue weighted by molar-refractivity contribution is 6.32. The van der Waals surface area contributed by atoms with Crippen molar-refractivity contribution in [3.63, 3.8) is 0 Å². The zero-order valence-corrected chi connectivity index (χ0v) is 13.5. The molecule has 1 aromatic heterocycles. The minimum Gasteiger partial charge on any atom is -0.316 e. The lowest BCUT2D eigenvalue weighted by molar-refractivity contribution is 0.311. The van der Waals surface area contributed by atoms with E-state index in [0.717, 1.165) is 12.1 Å². The first-order valence-corrected chi connectivity index (χ1v) is 7.51. The molecule has 3 rings (SSSR count). The second-order valence-corrected chi connectivity index (χ2v) is 6.20. The Bertz CT molecular complexity index is 822. The molecule has 0 saturated heterocycles. The third-order valence-corrected chi connectivity index (χ3v) is 4.47. The predicted octanol–water partition coefficient (Wildman–Crippen LogP) is 5.58. The van der Waals surface area contributed by atoms with Crippen LogP contribution in [0.5, 0.6) is 0 Å². The lowest BCUT2D eigenvalue weighted by Gasteiger charge is -2.32. The van der Waals surface area contributed by atoms with E-state index in [-0.39, 0.29) is 27.9 Å². The van der Waals surface area contributed by atoms with Crippen LogP contribution in [0.15, 0.2) is 47.5 Å². The fourth-order valence-corrected chi connectivity index (χ4v) is 2.99. The van der Waals surface area contributed by atoms with Gasteiger partial charge < -0.3 is 4.57 Å². The van der Waals surface area contributed by atoms with E-state index in [2.05, 4.69) is 4.98 Å². The summed E-state index contributed by atoms with van der Waals surface area (Å²) in [7, 11) is 0. The Hall–Kier alpha value is -1.72. The second kappa shape index (κ2) is 5.73. The van der Waals surface area contributed by atoms with Gasteiger partial charge in [-0.15, -0.1) is 0 Å². The molecule has 1 aliphatic rings. The Kier molecular flexibility index (Phi) is 4.02.